The van der Waals surface area contributed by atoms with Crippen molar-refractivity contribution in [1.82, 2.24) is 9.88 Å². The van der Waals surface area contributed by atoms with Crippen LogP contribution in [0, 0.1) is 5.92 Å². The number of amides is 1. The fourth-order valence-corrected chi connectivity index (χ4v) is 7.05. The first-order valence-corrected chi connectivity index (χ1v) is 11.5. The molecule has 1 amide bonds. The Morgan fingerprint density at radius 3 is 2.85 bits per heavy atom. The van der Waals surface area contributed by atoms with Crippen LogP contribution in [0.25, 0.3) is 10.9 Å². The zero-order chi connectivity index (χ0) is 22.5. The first-order chi connectivity index (χ1) is 16.0. The highest BCUT2D eigenvalue weighted by atomic mass is 35.5. The topological polar surface area (TPSA) is 71.6 Å². The lowest BCUT2D eigenvalue weighted by atomic mass is 9.65. The minimum Gasteiger partial charge on any atom is -0.467 e. The van der Waals surface area contributed by atoms with E-state index >= 15 is 0 Å². The summed E-state index contributed by atoms with van der Waals surface area (Å²) in [5.74, 6) is -1.24. The Labute approximate surface area is 195 Å². The average molecular weight is 461 g/mol. The second kappa shape index (κ2) is 6.27. The summed E-state index contributed by atoms with van der Waals surface area (Å²) < 4.78 is 12.1. The number of carbonyl (C=O) groups excluding carboxylic acids is 2. The van der Waals surface area contributed by atoms with E-state index in [1.807, 2.05) is 60.7 Å². The van der Waals surface area contributed by atoms with Crippen LogP contribution in [-0.2, 0) is 31.0 Å². The Bertz CT molecular complexity index is 1380. The standard InChI is InChI=1S/C26H21ClN2O4/c1-32-24(31)26-22-16(17-13-15(27)7-8-18(17)28-22)10-12-29(26)23(30)21-20(14-5-3-2-4-6-14)19-9-11-25(21,26)33-19/h2-9,11,13,19-21,28H,10,12H2,1H3/t19-,20+,21+,25+,26-/m0/s1. The second-order valence-corrected chi connectivity index (χ2v) is 9.70. The van der Waals surface area contributed by atoms with E-state index in [1.54, 1.807) is 4.90 Å². The lowest BCUT2D eigenvalue weighted by Crippen LogP contribution is -2.63. The number of carbonyl (C=O) groups is 2. The van der Waals surface area contributed by atoms with Crippen molar-refractivity contribution in [2.24, 2.45) is 5.92 Å². The largest absolute Gasteiger partial charge is 0.467 e. The number of hydrogen-bond donors (Lipinski definition) is 1. The zero-order valence-corrected chi connectivity index (χ0v) is 18.6. The molecule has 7 rings (SSSR count). The average Bonchev–Trinajstić information content (AvgIpc) is 3.57. The van der Waals surface area contributed by atoms with Gasteiger partial charge in [0.25, 0.3) is 0 Å². The fourth-order valence-electron chi connectivity index (χ4n) is 6.88. The Morgan fingerprint density at radius 1 is 1.24 bits per heavy atom. The summed E-state index contributed by atoms with van der Waals surface area (Å²) in [5, 5.41) is 1.59. The van der Waals surface area contributed by atoms with Gasteiger partial charge >= 0.3 is 5.97 Å². The van der Waals surface area contributed by atoms with Crippen molar-refractivity contribution >= 4 is 34.4 Å². The molecular weight excluding hydrogens is 440 g/mol. The molecule has 7 heteroatoms. The number of ether oxygens (including phenoxy) is 2. The first kappa shape index (κ1) is 19.4. The summed E-state index contributed by atoms with van der Waals surface area (Å²) in [6.07, 6.45) is 4.27. The molecule has 166 valence electrons. The molecule has 3 aromatic rings. The van der Waals surface area contributed by atoms with Crippen LogP contribution in [0.4, 0.5) is 0 Å². The van der Waals surface area contributed by atoms with Gasteiger partial charge in [-0.3, -0.25) is 4.79 Å². The molecule has 2 fully saturated rings. The molecule has 5 heterocycles. The van der Waals surface area contributed by atoms with E-state index in [1.165, 1.54) is 7.11 Å². The predicted octanol–water partition coefficient (Wildman–Crippen LogP) is 3.70. The van der Waals surface area contributed by atoms with Crippen LogP contribution < -0.4 is 0 Å². The minimum absolute atomic E-state index is 0.0663. The summed E-state index contributed by atoms with van der Waals surface area (Å²) >= 11 is 6.31. The smallest absolute Gasteiger partial charge is 0.341 e. The van der Waals surface area contributed by atoms with Crippen molar-refractivity contribution in [3.8, 4) is 0 Å². The van der Waals surface area contributed by atoms with Crippen LogP contribution in [-0.4, -0.2) is 47.1 Å². The first-order valence-electron chi connectivity index (χ1n) is 11.2. The van der Waals surface area contributed by atoms with Crippen molar-refractivity contribution in [3.63, 3.8) is 0 Å². The van der Waals surface area contributed by atoms with Crippen molar-refractivity contribution < 1.29 is 19.1 Å². The summed E-state index contributed by atoms with van der Waals surface area (Å²) in [6.45, 7) is 0.405. The lowest BCUT2D eigenvalue weighted by molar-refractivity contribution is -0.172. The Balaban J connectivity index is 1.53. The van der Waals surface area contributed by atoms with Gasteiger partial charge in [0.15, 0.2) is 0 Å². The van der Waals surface area contributed by atoms with E-state index in [0.29, 0.717) is 23.7 Å². The molecule has 1 aromatic heterocycles. The highest BCUT2D eigenvalue weighted by Crippen LogP contribution is 2.66. The van der Waals surface area contributed by atoms with Crippen molar-refractivity contribution in [2.75, 3.05) is 13.7 Å². The summed E-state index contributed by atoms with van der Waals surface area (Å²) in [7, 11) is 1.37. The molecule has 1 spiro atoms. The lowest BCUT2D eigenvalue weighted by Gasteiger charge is -2.46. The van der Waals surface area contributed by atoms with Gasteiger partial charge in [0.1, 0.15) is 5.60 Å². The molecule has 0 radical (unpaired) electrons. The maximum atomic E-state index is 14.1. The summed E-state index contributed by atoms with van der Waals surface area (Å²) in [4.78, 5) is 33.0. The second-order valence-electron chi connectivity index (χ2n) is 9.26. The van der Waals surface area contributed by atoms with Crippen LogP contribution in [0.15, 0.2) is 60.7 Å². The van der Waals surface area contributed by atoms with Gasteiger partial charge in [0.05, 0.1) is 24.8 Å². The van der Waals surface area contributed by atoms with Gasteiger partial charge < -0.3 is 19.4 Å². The fraction of sp³-hybridized carbons (Fsp3) is 0.308. The van der Waals surface area contributed by atoms with Crippen LogP contribution in [0.2, 0.25) is 5.02 Å². The number of aromatic nitrogens is 1. The number of rotatable bonds is 2. The number of esters is 1. The van der Waals surface area contributed by atoms with Gasteiger partial charge in [-0.05, 0) is 35.7 Å². The predicted molar refractivity (Wildman–Crippen MR) is 122 cm³/mol. The van der Waals surface area contributed by atoms with Gasteiger partial charge in [-0.15, -0.1) is 0 Å². The van der Waals surface area contributed by atoms with E-state index in [4.69, 9.17) is 21.1 Å². The molecule has 1 N–H and O–H groups in total. The molecule has 2 aromatic carbocycles. The number of H-pyrrole nitrogens is 1. The van der Waals surface area contributed by atoms with Gasteiger partial charge in [-0.2, -0.15) is 0 Å². The van der Waals surface area contributed by atoms with Crippen LogP contribution in [0.1, 0.15) is 22.7 Å². The molecule has 2 bridgehead atoms. The Kier molecular flexibility index (Phi) is 3.69. The third-order valence-corrected chi connectivity index (χ3v) is 8.26. The number of methoxy groups -OCH3 is 1. The van der Waals surface area contributed by atoms with Gasteiger partial charge in [0, 0.05) is 28.4 Å². The van der Waals surface area contributed by atoms with Gasteiger partial charge in [-0.1, -0.05) is 54.1 Å². The van der Waals surface area contributed by atoms with Crippen molar-refractivity contribution in [2.45, 2.75) is 29.6 Å². The number of hydrogen-bond acceptors (Lipinski definition) is 4. The quantitative estimate of drug-likeness (QED) is 0.467. The number of fused-ring (bicyclic) bond motifs is 6. The maximum absolute atomic E-state index is 14.1. The third-order valence-electron chi connectivity index (χ3n) is 8.02. The van der Waals surface area contributed by atoms with E-state index in [9.17, 15) is 9.59 Å². The van der Waals surface area contributed by atoms with Gasteiger partial charge in [-0.25, -0.2) is 4.79 Å². The van der Waals surface area contributed by atoms with Crippen LogP contribution in [0.5, 0.6) is 0 Å². The number of benzene rings is 2. The van der Waals surface area contributed by atoms with E-state index in [2.05, 4.69) is 4.98 Å². The molecule has 5 atom stereocenters. The summed E-state index contributed by atoms with van der Waals surface area (Å²) in [5.41, 5.74) is 1.00. The molecular formula is C26H21ClN2O4. The van der Waals surface area contributed by atoms with Crippen LogP contribution in [0.3, 0.4) is 0 Å². The minimum atomic E-state index is -1.42. The molecule has 33 heavy (non-hydrogen) atoms. The number of aromatic amines is 1. The monoisotopic (exact) mass is 460 g/mol. The maximum Gasteiger partial charge on any atom is 0.341 e. The zero-order valence-electron chi connectivity index (χ0n) is 17.9. The highest BCUT2D eigenvalue weighted by molar-refractivity contribution is 6.31. The molecule has 0 unspecified atom stereocenters. The number of nitrogens with one attached hydrogen (secondary N) is 1. The van der Waals surface area contributed by atoms with E-state index in [0.717, 1.165) is 22.0 Å². The molecule has 0 saturated carbocycles. The van der Waals surface area contributed by atoms with Crippen molar-refractivity contribution in [3.05, 3.63) is 82.5 Å². The molecule has 0 aliphatic carbocycles. The third kappa shape index (κ3) is 2.06. The van der Waals surface area contributed by atoms with Crippen LogP contribution >= 0.6 is 11.6 Å². The number of nitrogens with zero attached hydrogens (tertiary/aromatic N) is 1. The number of halogens is 1. The van der Waals surface area contributed by atoms with Gasteiger partial charge in [0.2, 0.25) is 11.4 Å². The molecule has 2 saturated heterocycles. The Hall–Kier alpha value is -3.09. The Morgan fingerprint density at radius 2 is 2.06 bits per heavy atom. The summed E-state index contributed by atoms with van der Waals surface area (Å²) in [6, 6.07) is 15.6. The molecule has 4 aliphatic rings. The van der Waals surface area contributed by atoms with E-state index < -0.39 is 23.0 Å². The van der Waals surface area contributed by atoms with Crippen molar-refractivity contribution in [1.29, 1.82) is 0 Å². The molecule has 6 nitrogen and oxygen atoms in total. The van der Waals surface area contributed by atoms with E-state index in [-0.39, 0.29) is 17.9 Å². The normalized spacial score (nSPS) is 33.3. The highest BCUT2D eigenvalue weighted by Gasteiger charge is 2.81. The molecule has 4 aliphatic heterocycles. The SMILES string of the molecule is COC(=O)[C@]12c3[nH]c4ccc(Cl)cc4c3CCN1C(=O)[C@H]1[C@H](c3ccccc3)[C@@H]3C=C[C@@]12O3.